The first-order chi connectivity index (χ1) is 10.8. The molecule has 0 spiro atoms. The van der Waals surface area contributed by atoms with Crippen molar-refractivity contribution >= 4 is 5.91 Å². The van der Waals surface area contributed by atoms with Crippen LogP contribution in [0.2, 0.25) is 0 Å². The fourth-order valence-electron chi connectivity index (χ4n) is 3.20. The Bertz CT molecular complexity index is 262. The van der Waals surface area contributed by atoms with Gasteiger partial charge in [-0.15, -0.1) is 0 Å². The van der Waals surface area contributed by atoms with Crippen LogP contribution in [0.15, 0.2) is 0 Å². The largest absolute Gasteiger partial charge is 0.356 e. The molecule has 1 aliphatic heterocycles. The van der Waals surface area contributed by atoms with E-state index in [-0.39, 0.29) is 11.8 Å². The highest BCUT2D eigenvalue weighted by atomic mass is 16.1. The van der Waals surface area contributed by atoms with Crippen molar-refractivity contribution in [2.45, 2.75) is 90.4 Å². The first-order valence-corrected chi connectivity index (χ1v) is 9.83. The van der Waals surface area contributed by atoms with Gasteiger partial charge in [0.15, 0.2) is 0 Å². The first-order valence-electron chi connectivity index (χ1n) is 9.83. The van der Waals surface area contributed by atoms with E-state index in [4.69, 9.17) is 0 Å². The molecule has 130 valence electrons. The van der Waals surface area contributed by atoms with Crippen molar-refractivity contribution in [2.75, 3.05) is 19.6 Å². The van der Waals surface area contributed by atoms with E-state index in [0.29, 0.717) is 0 Å². The fourth-order valence-corrected chi connectivity index (χ4v) is 3.20. The average Bonchev–Trinajstić information content (AvgIpc) is 3.06. The Morgan fingerprint density at radius 1 is 0.909 bits per heavy atom. The van der Waals surface area contributed by atoms with Crippen LogP contribution >= 0.6 is 0 Å². The highest BCUT2D eigenvalue weighted by Crippen LogP contribution is 2.12. The maximum absolute atomic E-state index is 11.8. The molecule has 0 bridgehead atoms. The first kappa shape index (κ1) is 19.5. The molecule has 0 aliphatic carbocycles. The van der Waals surface area contributed by atoms with Gasteiger partial charge < -0.3 is 10.6 Å². The van der Waals surface area contributed by atoms with Crippen LogP contribution in [0, 0.1) is 5.92 Å². The second-order valence-corrected chi connectivity index (χ2v) is 6.87. The van der Waals surface area contributed by atoms with Gasteiger partial charge in [-0.05, 0) is 19.4 Å². The van der Waals surface area contributed by atoms with Crippen LogP contribution < -0.4 is 10.6 Å². The minimum absolute atomic E-state index is 0.220. The van der Waals surface area contributed by atoms with Crippen molar-refractivity contribution < 1.29 is 4.79 Å². The lowest BCUT2D eigenvalue weighted by Gasteiger charge is -2.09. The Morgan fingerprint density at radius 2 is 1.45 bits per heavy atom. The van der Waals surface area contributed by atoms with E-state index in [1.807, 2.05) is 0 Å². The summed E-state index contributed by atoms with van der Waals surface area (Å²) in [5.74, 6) is 0.477. The van der Waals surface area contributed by atoms with E-state index in [1.54, 1.807) is 0 Å². The highest BCUT2D eigenvalue weighted by molar-refractivity contribution is 5.79. The van der Waals surface area contributed by atoms with Crippen LogP contribution in [0.3, 0.4) is 0 Å². The third kappa shape index (κ3) is 10.2. The molecule has 2 N–H and O–H groups in total. The van der Waals surface area contributed by atoms with Crippen molar-refractivity contribution in [1.82, 2.24) is 10.6 Å². The van der Waals surface area contributed by atoms with Gasteiger partial charge in [0.2, 0.25) is 5.91 Å². The van der Waals surface area contributed by atoms with Gasteiger partial charge in [-0.3, -0.25) is 4.79 Å². The fraction of sp³-hybridized carbons (Fsp3) is 0.947. The molecule has 1 rings (SSSR count). The Balaban J connectivity index is 1.73. The van der Waals surface area contributed by atoms with Crippen LogP contribution in [0.1, 0.15) is 90.4 Å². The Labute approximate surface area is 138 Å². The number of nitrogens with one attached hydrogen (secondary N) is 2. The molecular weight excluding hydrogens is 272 g/mol. The molecule has 1 heterocycles. The monoisotopic (exact) mass is 310 g/mol. The van der Waals surface area contributed by atoms with Gasteiger partial charge >= 0.3 is 0 Å². The third-order valence-electron chi connectivity index (χ3n) is 4.76. The molecule has 1 fully saturated rings. The van der Waals surface area contributed by atoms with Crippen LogP contribution in [0.4, 0.5) is 0 Å². The quantitative estimate of drug-likeness (QED) is 0.467. The topological polar surface area (TPSA) is 41.1 Å². The molecule has 1 aliphatic rings. The van der Waals surface area contributed by atoms with Gasteiger partial charge in [0.25, 0.3) is 0 Å². The maximum atomic E-state index is 11.8. The summed E-state index contributed by atoms with van der Waals surface area (Å²) in [5, 5.41) is 6.32. The molecule has 3 heteroatoms. The molecule has 0 radical (unpaired) electrons. The van der Waals surface area contributed by atoms with Gasteiger partial charge in [-0.2, -0.15) is 0 Å². The number of amides is 1. The zero-order valence-corrected chi connectivity index (χ0v) is 14.8. The summed E-state index contributed by atoms with van der Waals surface area (Å²) in [6.45, 7) is 5.01. The molecule has 0 saturated carbocycles. The van der Waals surface area contributed by atoms with Crippen LogP contribution in [-0.4, -0.2) is 25.5 Å². The van der Waals surface area contributed by atoms with E-state index >= 15 is 0 Å². The number of rotatable bonds is 14. The van der Waals surface area contributed by atoms with Crippen molar-refractivity contribution in [3.05, 3.63) is 0 Å². The summed E-state index contributed by atoms with van der Waals surface area (Å²) >= 11 is 0. The van der Waals surface area contributed by atoms with E-state index in [0.717, 1.165) is 32.5 Å². The summed E-state index contributed by atoms with van der Waals surface area (Å²) in [6.07, 6.45) is 17.4. The Kier molecular flexibility index (Phi) is 12.4. The predicted octanol–water partition coefficient (Wildman–Crippen LogP) is 4.41. The molecule has 3 nitrogen and oxygen atoms in total. The zero-order chi connectivity index (χ0) is 15.9. The lowest BCUT2D eigenvalue weighted by atomic mass is 10.1. The minimum atomic E-state index is 0.220. The summed E-state index contributed by atoms with van der Waals surface area (Å²) in [7, 11) is 0. The van der Waals surface area contributed by atoms with Gasteiger partial charge in [-0.25, -0.2) is 0 Å². The van der Waals surface area contributed by atoms with Gasteiger partial charge in [0, 0.05) is 13.1 Å². The molecule has 0 aromatic heterocycles. The molecule has 22 heavy (non-hydrogen) atoms. The Morgan fingerprint density at radius 3 is 1.95 bits per heavy atom. The van der Waals surface area contributed by atoms with Crippen molar-refractivity contribution in [3.63, 3.8) is 0 Å². The summed E-state index contributed by atoms with van der Waals surface area (Å²) in [6, 6.07) is 0. The molecule has 1 atom stereocenters. The average molecular weight is 311 g/mol. The molecule has 0 aromatic carbocycles. The minimum Gasteiger partial charge on any atom is -0.356 e. The molecule has 0 aromatic rings. The number of carbonyl (C=O) groups excluding carboxylic acids is 1. The summed E-state index contributed by atoms with van der Waals surface area (Å²) < 4.78 is 0. The number of carbonyl (C=O) groups is 1. The normalized spacial score (nSPS) is 17.8. The van der Waals surface area contributed by atoms with Crippen molar-refractivity contribution in [3.8, 4) is 0 Å². The second kappa shape index (κ2) is 14.0. The van der Waals surface area contributed by atoms with E-state index in [9.17, 15) is 4.79 Å². The molecule has 1 saturated heterocycles. The van der Waals surface area contributed by atoms with Gasteiger partial charge in [0.1, 0.15) is 0 Å². The standard InChI is InChI=1S/C19H38N2O/c1-2-3-4-5-6-7-8-9-10-11-12-13-15-21-19(22)18-14-16-20-17-18/h18,20H,2-17H2,1H3,(H,21,22). The SMILES string of the molecule is CCCCCCCCCCCCCCNC(=O)C1CCNC1. The third-order valence-corrected chi connectivity index (χ3v) is 4.76. The van der Waals surface area contributed by atoms with E-state index in [2.05, 4.69) is 17.6 Å². The van der Waals surface area contributed by atoms with Crippen LogP contribution in [0.5, 0.6) is 0 Å². The summed E-state index contributed by atoms with van der Waals surface area (Å²) in [4.78, 5) is 11.8. The zero-order valence-electron chi connectivity index (χ0n) is 14.8. The number of hydrogen-bond donors (Lipinski definition) is 2. The number of unbranched alkanes of at least 4 members (excludes halogenated alkanes) is 11. The predicted molar refractivity (Wildman–Crippen MR) is 95.1 cm³/mol. The van der Waals surface area contributed by atoms with Crippen LogP contribution in [-0.2, 0) is 4.79 Å². The summed E-state index contributed by atoms with van der Waals surface area (Å²) in [5.41, 5.74) is 0. The smallest absolute Gasteiger partial charge is 0.224 e. The van der Waals surface area contributed by atoms with Crippen molar-refractivity contribution in [1.29, 1.82) is 0 Å². The van der Waals surface area contributed by atoms with Gasteiger partial charge in [0.05, 0.1) is 5.92 Å². The highest BCUT2D eigenvalue weighted by Gasteiger charge is 2.21. The lowest BCUT2D eigenvalue weighted by Crippen LogP contribution is -2.32. The van der Waals surface area contributed by atoms with Crippen LogP contribution in [0.25, 0.3) is 0 Å². The van der Waals surface area contributed by atoms with Crippen molar-refractivity contribution in [2.24, 2.45) is 5.92 Å². The maximum Gasteiger partial charge on any atom is 0.224 e. The number of hydrogen-bond acceptors (Lipinski definition) is 2. The lowest BCUT2D eigenvalue weighted by molar-refractivity contribution is -0.124. The molecule has 1 amide bonds. The van der Waals surface area contributed by atoms with E-state index < -0.39 is 0 Å². The molecular formula is C19H38N2O. The van der Waals surface area contributed by atoms with Gasteiger partial charge in [-0.1, -0.05) is 77.6 Å². The molecule has 1 unspecified atom stereocenters. The van der Waals surface area contributed by atoms with E-state index in [1.165, 1.54) is 70.6 Å². The Hall–Kier alpha value is -0.570. The second-order valence-electron chi connectivity index (χ2n) is 6.87.